The molecule has 2 aromatic carbocycles. The molecule has 2 heterocycles. The van der Waals surface area contributed by atoms with Gasteiger partial charge in [0.05, 0.1) is 34.1 Å². The maximum atomic E-state index is 12.6. The third-order valence-electron chi connectivity index (χ3n) is 7.02. The zero-order valence-electron chi connectivity index (χ0n) is 24.6. The molecule has 4 rings (SSSR count). The number of rotatable bonds is 10. The molecule has 0 amide bonds. The molecule has 0 aromatic heterocycles. The fourth-order valence-electron chi connectivity index (χ4n) is 4.49. The van der Waals surface area contributed by atoms with Crippen molar-refractivity contribution in [2.45, 2.75) is 23.6 Å². The predicted octanol–water partition coefficient (Wildman–Crippen LogP) is 1.67. The molecule has 0 aliphatic carbocycles. The van der Waals surface area contributed by atoms with Gasteiger partial charge in [0.2, 0.25) is 20.0 Å². The molecule has 0 atom stereocenters. The van der Waals surface area contributed by atoms with Gasteiger partial charge < -0.3 is 19.3 Å². The topological polar surface area (TPSA) is 134 Å². The highest BCUT2D eigenvalue weighted by Gasteiger charge is 2.29. The summed E-state index contributed by atoms with van der Waals surface area (Å²) in [4.78, 5) is 26.7. The smallest absolute Gasteiger partial charge is 0.243 e. The van der Waals surface area contributed by atoms with Crippen LogP contribution in [-0.2, 0) is 20.0 Å². The van der Waals surface area contributed by atoms with Crippen LogP contribution in [0.5, 0.6) is 11.5 Å². The molecule has 0 N–H and O–H groups in total. The van der Waals surface area contributed by atoms with Crippen molar-refractivity contribution < 1.29 is 35.9 Å². The van der Waals surface area contributed by atoms with Crippen LogP contribution in [-0.4, -0.2) is 127 Å². The lowest BCUT2D eigenvalue weighted by Crippen LogP contribution is -2.47. The number of sulfonamides is 2. The summed E-state index contributed by atoms with van der Waals surface area (Å²) < 4.78 is 63.9. The third kappa shape index (κ3) is 8.14. The minimum absolute atomic E-state index is 0.137. The zero-order chi connectivity index (χ0) is 30.9. The van der Waals surface area contributed by atoms with Gasteiger partial charge in [-0.2, -0.15) is 8.61 Å². The van der Waals surface area contributed by atoms with Gasteiger partial charge in [-0.3, -0.25) is 9.59 Å². The van der Waals surface area contributed by atoms with E-state index < -0.39 is 20.0 Å². The molecule has 0 radical (unpaired) electrons. The van der Waals surface area contributed by atoms with E-state index in [0.717, 1.165) is 0 Å². The standard InChI is InChI=1S/2C14H20N2O4S/c2*1-3-20-14-5-4-13(10-12(14)11-17)21(18,19)16-8-6-15(2)7-9-16/h2*4-5,10-11H,3,6-9H2,1-2H3. The molecule has 2 saturated heterocycles. The van der Waals surface area contributed by atoms with Gasteiger partial charge >= 0.3 is 0 Å². The van der Waals surface area contributed by atoms with Crippen molar-refractivity contribution in [2.75, 3.05) is 79.7 Å². The number of likely N-dealkylation sites (N-methyl/N-ethyl adjacent to an activating group) is 2. The minimum atomic E-state index is -3.56. The summed E-state index contributed by atoms with van der Waals surface area (Å²) >= 11 is 0. The van der Waals surface area contributed by atoms with Crippen LogP contribution in [0.1, 0.15) is 34.6 Å². The Hall–Kier alpha value is -2.88. The molecule has 0 spiro atoms. The van der Waals surface area contributed by atoms with E-state index in [4.69, 9.17) is 9.47 Å². The van der Waals surface area contributed by atoms with Gasteiger partial charge in [-0.25, -0.2) is 16.8 Å². The lowest BCUT2D eigenvalue weighted by molar-refractivity contribution is 0.111. The Kier molecular flexibility index (Phi) is 12.0. The fraction of sp³-hybridized carbons (Fsp3) is 0.500. The van der Waals surface area contributed by atoms with Crippen LogP contribution in [0.3, 0.4) is 0 Å². The molecular weight excluding hydrogens is 584 g/mol. The number of ether oxygens (including phenoxy) is 2. The highest BCUT2D eigenvalue weighted by Crippen LogP contribution is 2.25. The second-order valence-corrected chi connectivity index (χ2v) is 13.8. The number of aldehydes is 2. The summed E-state index contributed by atoms with van der Waals surface area (Å²) in [7, 11) is -3.19. The number of hydrogen-bond donors (Lipinski definition) is 0. The van der Waals surface area contributed by atoms with Crippen molar-refractivity contribution in [2.24, 2.45) is 0 Å². The van der Waals surface area contributed by atoms with Crippen molar-refractivity contribution >= 4 is 32.6 Å². The van der Waals surface area contributed by atoms with Crippen LogP contribution < -0.4 is 9.47 Å². The van der Waals surface area contributed by atoms with E-state index in [-0.39, 0.29) is 20.9 Å². The molecule has 2 aromatic rings. The normalized spacial score (nSPS) is 17.6. The van der Waals surface area contributed by atoms with Gasteiger partial charge in [0.15, 0.2) is 12.6 Å². The van der Waals surface area contributed by atoms with E-state index in [2.05, 4.69) is 9.80 Å². The average molecular weight is 625 g/mol. The highest BCUT2D eigenvalue weighted by molar-refractivity contribution is 7.89. The lowest BCUT2D eigenvalue weighted by Gasteiger charge is -2.31. The van der Waals surface area contributed by atoms with Crippen LogP contribution >= 0.6 is 0 Å². The first-order valence-electron chi connectivity index (χ1n) is 13.8. The number of hydrogen-bond acceptors (Lipinski definition) is 10. The van der Waals surface area contributed by atoms with Crippen LogP contribution in [0.4, 0.5) is 0 Å². The van der Waals surface area contributed by atoms with Crippen molar-refractivity contribution in [1.82, 2.24) is 18.4 Å². The fourth-order valence-corrected chi connectivity index (χ4v) is 7.40. The third-order valence-corrected chi connectivity index (χ3v) is 10.8. The van der Waals surface area contributed by atoms with Crippen LogP contribution in [0.25, 0.3) is 0 Å². The van der Waals surface area contributed by atoms with Crippen LogP contribution in [0, 0.1) is 0 Å². The van der Waals surface area contributed by atoms with Gasteiger partial charge in [0, 0.05) is 52.4 Å². The number of benzene rings is 2. The molecule has 0 bridgehead atoms. The monoisotopic (exact) mass is 624 g/mol. The van der Waals surface area contributed by atoms with Gasteiger partial charge in [0.25, 0.3) is 0 Å². The van der Waals surface area contributed by atoms with Crippen molar-refractivity contribution in [3.05, 3.63) is 47.5 Å². The quantitative estimate of drug-likeness (QED) is 0.360. The van der Waals surface area contributed by atoms with E-state index >= 15 is 0 Å². The van der Waals surface area contributed by atoms with Gasteiger partial charge in [-0.15, -0.1) is 0 Å². The minimum Gasteiger partial charge on any atom is -0.493 e. The Labute approximate surface area is 248 Å². The van der Waals surface area contributed by atoms with E-state index in [1.807, 2.05) is 27.9 Å². The zero-order valence-corrected chi connectivity index (χ0v) is 26.2. The maximum Gasteiger partial charge on any atom is 0.243 e. The molecule has 232 valence electrons. The molecule has 14 heteroatoms. The van der Waals surface area contributed by atoms with E-state index in [9.17, 15) is 26.4 Å². The molecule has 2 fully saturated rings. The largest absolute Gasteiger partial charge is 0.493 e. The average Bonchev–Trinajstić information content (AvgIpc) is 2.98. The summed E-state index contributed by atoms with van der Waals surface area (Å²) in [5.74, 6) is 0.814. The number of carbonyl (C=O) groups excluding carboxylic acids is 2. The molecule has 0 saturated carbocycles. The number of piperazine rings is 2. The number of carbonyl (C=O) groups is 2. The molecule has 2 aliphatic heterocycles. The summed E-state index contributed by atoms with van der Waals surface area (Å²) in [5, 5.41) is 0. The summed E-state index contributed by atoms with van der Waals surface area (Å²) in [6.45, 7) is 9.13. The Morgan fingerprint density at radius 2 is 0.952 bits per heavy atom. The highest BCUT2D eigenvalue weighted by atomic mass is 32.2. The second-order valence-electron chi connectivity index (χ2n) is 9.92. The Morgan fingerprint density at radius 1 is 0.619 bits per heavy atom. The SMILES string of the molecule is CCOc1ccc(S(=O)(=O)N2CCN(C)CC2)cc1C=O.CCOc1ccc(S(=O)(=O)N2CCN(C)CC2)cc1C=O. The second kappa shape index (κ2) is 15.0. The van der Waals surface area contributed by atoms with Crippen molar-refractivity contribution in [3.63, 3.8) is 0 Å². The summed E-state index contributed by atoms with van der Waals surface area (Å²) in [6, 6.07) is 8.82. The Morgan fingerprint density at radius 3 is 1.24 bits per heavy atom. The Balaban J connectivity index is 0.000000230. The molecule has 0 unspecified atom stereocenters. The van der Waals surface area contributed by atoms with Gasteiger partial charge in [-0.1, -0.05) is 0 Å². The summed E-state index contributed by atoms with van der Waals surface area (Å²) in [5.41, 5.74) is 0.513. The molecule has 12 nitrogen and oxygen atoms in total. The van der Waals surface area contributed by atoms with E-state index in [1.165, 1.54) is 45.0 Å². The lowest BCUT2D eigenvalue weighted by atomic mass is 10.2. The van der Waals surface area contributed by atoms with E-state index in [1.54, 1.807) is 0 Å². The Bertz CT molecular complexity index is 1320. The molecular formula is C28H40N4O8S2. The summed E-state index contributed by atoms with van der Waals surface area (Å²) in [6.07, 6.45) is 1.24. The first-order valence-corrected chi connectivity index (χ1v) is 16.7. The van der Waals surface area contributed by atoms with E-state index in [0.29, 0.717) is 89.6 Å². The number of nitrogens with zero attached hydrogens (tertiary/aromatic N) is 4. The van der Waals surface area contributed by atoms with Gasteiger partial charge in [-0.05, 0) is 64.3 Å². The van der Waals surface area contributed by atoms with Crippen LogP contribution in [0.15, 0.2) is 46.2 Å². The first kappa shape index (κ1) is 33.6. The van der Waals surface area contributed by atoms with Gasteiger partial charge in [0.1, 0.15) is 11.5 Å². The first-order chi connectivity index (χ1) is 20.0. The van der Waals surface area contributed by atoms with Crippen molar-refractivity contribution in [3.8, 4) is 11.5 Å². The van der Waals surface area contributed by atoms with Crippen LogP contribution in [0.2, 0.25) is 0 Å². The maximum absolute atomic E-state index is 12.6. The molecule has 42 heavy (non-hydrogen) atoms. The predicted molar refractivity (Wildman–Crippen MR) is 159 cm³/mol. The van der Waals surface area contributed by atoms with Crippen molar-refractivity contribution in [1.29, 1.82) is 0 Å². The molecule has 2 aliphatic rings.